The number of rotatable bonds is 7. The van der Waals surface area contributed by atoms with Crippen molar-refractivity contribution in [2.45, 2.75) is 25.9 Å². The number of benzene rings is 3. The molecule has 8 heteroatoms. The van der Waals surface area contributed by atoms with Gasteiger partial charge in [0.2, 0.25) is 0 Å². The molecule has 4 aromatic rings. The molecule has 0 aliphatic rings. The summed E-state index contributed by atoms with van der Waals surface area (Å²) in [6.07, 6.45) is 0. The molecule has 0 fully saturated rings. The summed E-state index contributed by atoms with van der Waals surface area (Å²) in [6, 6.07) is 23.6. The van der Waals surface area contributed by atoms with Crippen molar-refractivity contribution in [1.82, 2.24) is 20.2 Å². The molecule has 0 bridgehead atoms. The summed E-state index contributed by atoms with van der Waals surface area (Å²) in [6.45, 7) is 5.92. The van der Waals surface area contributed by atoms with Crippen LogP contribution in [0.15, 0.2) is 83.1 Å². The number of hydrazone groups is 1. The van der Waals surface area contributed by atoms with Gasteiger partial charge in [-0.3, -0.25) is 9.36 Å². The van der Waals surface area contributed by atoms with Crippen LogP contribution in [0.4, 0.5) is 0 Å². The van der Waals surface area contributed by atoms with Crippen LogP contribution in [0.2, 0.25) is 5.02 Å². The SMILES string of the molecule is C/C(=N/NC(=O)CSc1nnc(-c2ccc(C)cc2)n1-c1ccc(C)cc1)c1ccc(Cl)cc1. The van der Waals surface area contributed by atoms with Gasteiger partial charge in [0.1, 0.15) is 0 Å². The van der Waals surface area contributed by atoms with Crippen LogP contribution in [0.5, 0.6) is 0 Å². The second-order valence-corrected chi connectivity index (χ2v) is 9.25. The van der Waals surface area contributed by atoms with E-state index in [0.29, 0.717) is 15.9 Å². The van der Waals surface area contributed by atoms with Crippen molar-refractivity contribution in [2.24, 2.45) is 5.10 Å². The Labute approximate surface area is 208 Å². The van der Waals surface area contributed by atoms with Gasteiger partial charge in [-0.1, -0.05) is 83.0 Å². The molecule has 1 amide bonds. The number of amides is 1. The van der Waals surface area contributed by atoms with Crippen LogP contribution in [-0.2, 0) is 4.79 Å². The summed E-state index contributed by atoms with van der Waals surface area (Å²) < 4.78 is 1.98. The van der Waals surface area contributed by atoms with Crippen LogP contribution in [0.25, 0.3) is 17.1 Å². The molecule has 0 saturated heterocycles. The molecular formula is C26H24ClN5OS. The Morgan fingerprint density at radius 2 is 1.56 bits per heavy atom. The number of carbonyl (C=O) groups is 1. The maximum Gasteiger partial charge on any atom is 0.250 e. The number of nitrogens with zero attached hydrogens (tertiary/aromatic N) is 4. The molecule has 0 aliphatic heterocycles. The van der Waals surface area contributed by atoms with Crippen LogP contribution >= 0.6 is 23.4 Å². The average molecular weight is 490 g/mol. The zero-order valence-electron chi connectivity index (χ0n) is 19.1. The van der Waals surface area contributed by atoms with Gasteiger partial charge in [-0.25, -0.2) is 5.43 Å². The highest BCUT2D eigenvalue weighted by atomic mass is 35.5. The Kier molecular flexibility index (Phi) is 7.45. The molecule has 0 unspecified atom stereocenters. The lowest BCUT2D eigenvalue weighted by Crippen LogP contribution is -2.21. The molecule has 0 saturated carbocycles. The summed E-state index contributed by atoms with van der Waals surface area (Å²) in [5.74, 6) is 0.645. The lowest BCUT2D eigenvalue weighted by Gasteiger charge is -2.11. The zero-order valence-corrected chi connectivity index (χ0v) is 20.7. The Morgan fingerprint density at radius 1 is 0.941 bits per heavy atom. The van der Waals surface area contributed by atoms with Crippen molar-refractivity contribution in [3.05, 3.63) is 94.5 Å². The molecule has 1 heterocycles. The molecule has 34 heavy (non-hydrogen) atoms. The van der Waals surface area contributed by atoms with Crippen molar-refractivity contribution in [3.63, 3.8) is 0 Å². The van der Waals surface area contributed by atoms with Gasteiger partial charge >= 0.3 is 0 Å². The minimum Gasteiger partial charge on any atom is -0.272 e. The number of hydrogen-bond acceptors (Lipinski definition) is 5. The van der Waals surface area contributed by atoms with Crippen LogP contribution in [0, 0.1) is 13.8 Å². The van der Waals surface area contributed by atoms with Gasteiger partial charge in [-0.05, 0) is 50.6 Å². The second-order valence-electron chi connectivity index (χ2n) is 7.87. The van der Waals surface area contributed by atoms with E-state index in [-0.39, 0.29) is 11.7 Å². The number of aryl methyl sites for hydroxylation is 2. The van der Waals surface area contributed by atoms with Gasteiger partial charge < -0.3 is 0 Å². The van der Waals surface area contributed by atoms with E-state index < -0.39 is 0 Å². The molecular weight excluding hydrogens is 466 g/mol. The lowest BCUT2D eigenvalue weighted by molar-refractivity contribution is -0.118. The molecule has 1 aromatic heterocycles. The third-order valence-corrected chi connectivity index (χ3v) is 6.36. The highest BCUT2D eigenvalue weighted by Crippen LogP contribution is 2.28. The Balaban J connectivity index is 1.52. The van der Waals surface area contributed by atoms with E-state index in [9.17, 15) is 4.79 Å². The highest BCUT2D eigenvalue weighted by molar-refractivity contribution is 7.99. The molecule has 6 nitrogen and oxygen atoms in total. The number of halogens is 1. The van der Waals surface area contributed by atoms with Gasteiger partial charge in [0.05, 0.1) is 11.5 Å². The van der Waals surface area contributed by atoms with Crippen LogP contribution < -0.4 is 5.43 Å². The number of thioether (sulfide) groups is 1. The lowest BCUT2D eigenvalue weighted by atomic mass is 10.1. The van der Waals surface area contributed by atoms with Gasteiger partial charge in [0, 0.05) is 16.3 Å². The predicted molar refractivity (Wildman–Crippen MR) is 139 cm³/mol. The Bertz CT molecular complexity index is 1310. The fourth-order valence-electron chi connectivity index (χ4n) is 3.24. The quantitative estimate of drug-likeness (QED) is 0.201. The van der Waals surface area contributed by atoms with E-state index in [1.165, 1.54) is 17.3 Å². The van der Waals surface area contributed by atoms with Crippen molar-refractivity contribution in [1.29, 1.82) is 0 Å². The van der Waals surface area contributed by atoms with E-state index in [1.54, 1.807) is 12.1 Å². The largest absolute Gasteiger partial charge is 0.272 e. The summed E-state index contributed by atoms with van der Waals surface area (Å²) in [5, 5.41) is 14.3. The maximum absolute atomic E-state index is 12.5. The third-order valence-electron chi connectivity index (χ3n) is 5.18. The first kappa shape index (κ1) is 23.7. The first-order valence-electron chi connectivity index (χ1n) is 10.7. The normalized spacial score (nSPS) is 11.5. The molecule has 1 N–H and O–H groups in total. The number of hydrogen-bond donors (Lipinski definition) is 1. The second kappa shape index (κ2) is 10.7. The van der Waals surface area contributed by atoms with Crippen molar-refractivity contribution in [2.75, 3.05) is 5.75 Å². The van der Waals surface area contributed by atoms with E-state index in [2.05, 4.69) is 20.7 Å². The first-order valence-corrected chi connectivity index (χ1v) is 12.1. The van der Waals surface area contributed by atoms with Crippen LogP contribution in [-0.4, -0.2) is 32.1 Å². The molecule has 0 aliphatic carbocycles. The zero-order chi connectivity index (χ0) is 24.1. The minimum atomic E-state index is -0.228. The molecule has 3 aromatic carbocycles. The number of aromatic nitrogens is 3. The summed E-state index contributed by atoms with van der Waals surface area (Å²) in [5.41, 5.74) is 8.42. The van der Waals surface area contributed by atoms with Crippen molar-refractivity contribution in [3.8, 4) is 17.1 Å². The fourth-order valence-corrected chi connectivity index (χ4v) is 4.11. The van der Waals surface area contributed by atoms with E-state index in [4.69, 9.17) is 11.6 Å². The standard InChI is InChI=1S/C26H24ClN5OS/c1-17-4-8-21(9-5-17)25-30-31-26(32(25)23-14-6-18(2)7-15-23)34-16-24(33)29-28-19(3)20-10-12-22(27)13-11-20/h4-15H,16H2,1-3H3,(H,29,33)/b28-19-. The topological polar surface area (TPSA) is 72.2 Å². The van der Waals surface area contributed by atoms with Gasteiger partial charge in [0.25, 0.3) is 5.91 Å². The Morgan fingerprint density at radius 3 is 2.21 bits per heavy atom. The molecule has 0 radical (unpaired) electrons. The monoisotopic (exact) mass is 489 g/mol. The average Bonchev–Trinajstić information content (AvgIpc) is 3.26. The van der Waals surface area contributed by atoms with E-state index in [1.807, 2.05) is 86.0 Å². The van der Waals surface area contributed by atoms with E-state index in [0.717, 1.165) is 28.2 Å². The van der Waals surface area contributed by atoms with E-state index >= 15 is 0 Å². The summed E-state index contributed by atoms with van der Waals surface area (Å²) in [4.78, 5) is 12.5. The molecule has 0 spiro atoms. The minimum absolute atomic E-state index is 0.148. The first-order chi connectivity index (χ1) is 16.4. The third kappa shape index (κ3) is 5.73. The molecule has 0 atom stereocenters. The highest BCUT2D eigenvalue weighted by Gasteiger charge is 2.17. The van der Waals surface area contributed by atoms with Crippen LogP contribution in [0.3, 0.4) is 0 Å². The molecule has 4 rings (SSSR count). The predicted octanol–water partition coefficient (Wildman–Crippen LogP) is 5.84. The van der Waals surface area contributed by atoms with Crippen molar-refractivity contribution >= 4 is 35.0 Å². The number of carbonyl (C=O) groups excluding carboxylic acids is 1. The maximum atomic E-state index is 12.5. The summed E-state index contributed by atoms with van der Waals surface area (Å²) >= 11 is 7.24. The number of nitrogens with one attached hydrogen (secondary N) is 1. The van der Waals surface area contributed by atoms with Gasteiger partial charge in [-0.2, -0.15) is 5.10 Å². The van der Waals surface area contributed by atoms with Crippen molar-refractivity contribution < 1.29 is 4.79 Å². The fraction of sp³-hybridized carbons (Fsp3) is 0.154. The Hall–Kier alpha value is -3.42. The molecule has 172 valence electrons. The summed E-state index contributed by atoms with van der Waals surface area (Å²) in [7, 11) is 0. The smallest absolute Gasteiger partial charge is 0.250 e. The van der Waals surface area contributed by atoms with Crippen LogP contribution in [0.1, 0.15) is 23.6 Å². The van der Waals surface area contributed by atoms with Gasteiger partial charge in [-0.15, -0.1) is 10.2 Å². The van der Waals surface area contributed by atoms with Gasteiger partial charge in [0.15, 0.2) is 11.0 Å².